The van der Waals surface area contributed by atoms with E-state index in [-0.39, 0.29) is 11.3 Å². The van der Waals surface area contributed by atoms with Crippen LogP contribution in [0, 0.1) is 0 Å². The highest BCUT2D eigenvalue weighted by Gasteiger charge is 2.77. The van der Waals surface area contributed by atoms with Crippen LogP contribution in [-0.4, -0.2) is 34.3 Å². The van der Waals surface area contributed by atoms with Gasteiger partial charge in [0.05, 0.1) is 7.11 Å². The summed E-state index contributed by atoms with van der Waals surface area (Å²) in [5, 5.41) is 27.7. The van der Waals surface area contributed by atoms with E-state index >= 15 is 0 Å². The number of alkyl halides is 2. The van der Waals surface area contributed by atoms with Gasteiger partial charge in [-0.15, -0.1) is 0 Å². The number of aliphatic carboxylic acids is 1. The van der Waals surface area contributed by atoms with E-state index in [1.54, 1.807) is 0 Å². The summed E-state index contributed by atoms with van der Waals surface area (Å²) in [5.41, 5.74) is -2.65. The van der Waals surface area contributed by atoms with E-state index < -0.39 is 35.2 Å². The van der Waals surface area contributed by atoms with Gasteiger partial charge >= 0.3 is 5.97 Å². The number of benzene rings is 1. The molecule has 0 aliphatic heterocycles. The number of rotatable bonds is 3. The van der Waals surface area contributed by atoms with Crippen LogP contribution in [0.1, 0.15) is 12.0 Å². The van der Waals surface area contributed by atoms with Gasteiger partial charge in [-0.05, 0) is 17.7 Å². The summed E-state index contributed by atoms with van der Waals surface area (Å²) in [4.78, 5) is 11.0. The number of phenolic OH excluding ortho intramolecular Hbond substituents is 2. The Morgan fingerprint density at radius 3 is 2.33 bits per heavy atom. The molecule has 0 aromatic heterocycles. The first-order chi connectivity index (χ1) is 8.26. The summed E-state index contributed by atoms with van der Waals surface area (Å²) in [5.74, 6) is -6.64. The van der Waals surface area contributed by atoms with E-state index in [0.29, 0.717) is 0 Å². The molecule has 1 fully saturated rings. The van der Waals surface area contributed by atoms with Crippen LogP contribution in [0.5, 0.6) is 17.2 Å². The lowest BCUT2D eigenvalue weighted by molar-refractivity contribution is -0.142. The summed E-state index contributed by atoms with van der Waals surface area (Å²) in [7, 11) is 1.16. The van der Waals surface area contributed by atoms with Gasteiger partial charge in [0, 0.05) is 6.42 Å². The third kappa shape index (κ3) is 1.40. The van der Waals surface area contributed by atoms with Crippen LogP contribution in [0.15, 0.2) is 12.1 Å². The van der Waals surface area contributed by atoms with E-state index in [4.69, 9.17) is 5.11 Å². The first-order valence-electron chi connectivity index (χ1n) is 4.98. The fraction of sp³-hybridized carbons (Fsp3) is 0.364. The molecule has 0 spiro atoms. The molecule has 1 aromatic carbocycles. The molecule has 0 heterocycles. The molecular formula is C11H10F2O5. The maximum absolute atomic E-state index is 13.3. The SMILES string of the molecule is COc1cc(C2(C(=O)O)CC2(F)F)cc(O)c1O. The molecule has 2 rings (SSSR count). The van der Waals surface area contributed by atoms with E-state index in [9.17, 15) is 23.8 Å². The number of ether oxygens (including phenoxy) is 1. The Bertz CT molecular complexity index is 528. The maximum atomic E-state index is 13.3. The predicted octanol–water partition coefficient (Wildman–Crippen LogP) is 1.47. The summed E-state index contributed by atoms with van der Waals surface area (Å²) >= 11 is 0. The van der Waals surface area contributed by atoms with Crippen molar-refractivity contribution in [2.24, 2.45) is 0 Å². The predicted molar refractivity (Wildman–Crippen MR) is 55.2 cm³/mol. The van der Waals surface area contributed by atoms with Gasteiger partial charge in [0.25, 0.3) is 5.92 Å². The molecule has 1 unspecified atom stereocenters. The number of hydrogen-bond donors (Lipinski definition) is 3. The van der Waals surface area contributed by atoms with Gasteiger partial charge in [-0.2, -0.15) is 0 Å². The summed E-state index contributed by atoms with van der Waals surface area (Å²) in [6.45, 7) is 0. The average molecular weight is 260 g/mol. The molecule has 98 valence electrons. The Morgan fingerprint density at radius 1 is 1.39 bits per heavy atom. The number of carboxylic acid groups (broad SMARTS) is 1. The number of carboxylic acids is 1. The Kier molecular flexibility index (Phi) is 2.39. The second-order valence-corrected chi connectivity index (χ2v) is 4.14. The van der Waals surface area contributed by atoms with Crippen LogP contribution < -0.4 is 4.74 Å². The molecule has 0 amide bonds. The third-order valence-corrected chi connectivity index (χ3v) is 3.12. The lowest BCUT2D eigenvalue weighted by Gasteiger charge is -2.14. The number of halogens is 2. The van der Waals surface area contributed by atoms with Crippen molar-refractivity contribution in [3.63, 3.8) is 0 Å². The molecule has 0 bridgehead atoms. The van der Waals surface area contributed by atoms with Crippen molar-refractivity contribution in [1.82, 2.24) is 0 Å². The lowest BCUT2D eigenvalue weighted by Crippen LogP contribution is -2.27. The van der Waals surface area contributed by atoms with Gasteiger partial charge in [0.2, 0.25) is 5.75 Å². The number of hydrogen-bond acceptors (Lipinski definition) is 4. The van der Waals surface area contributed by atoms with E-state index in [1.807, 2.05) is 0 Å². The highest BCUT2D eigenvalue weighted by atomic mass is 19.3. The molecule has 0 saturated heterocycles. The van der Waals surface area contributed by atoms with Crippen molar-refractivity contribution in [3.05, 3.63) is 17.7 Å². The number of carbonyl (C=O) groups is 1. The molecule has 1 aliphatic carbocycles. The average Bonchev–Trinajstić information content (AvgIpc) is 2.87. The zero-order valence-electron chi connectivity index (χ0n) is 9.28. The van der Waals surface area contributed by atoms with Crippen LogP contribution in [0.2, 0.25) is 0 Å². The number of aromatic hydroxyl groups is 2. The van der Waals surface area contributed by atoms with Crippen LogP contribution in [0.4, 0.5) is 8.78 Å². The van der Waals surface area contributed by atoms with E-state index in [0.717, 1.165) is 19.2 Å². The van der Waals surface area contributed by atoms with Crippen molar-refractivity contribution in [3.8, 4) is 17.2 Å². The second kappa shape index (κ2) is 3.47. The van der Waals surface area contributed by atoms with Crippen LogP contribution in [-0.2, 0) is 10.2 Å². The summed E-state index contributed by atoms with van der Waals surface area (Å²) in [6, 6.07) is 1.80. The minimum Gasteiger partial charge on any atom is -0.504 e. The Balaban J connectivity index is 2.59. The van der Waals surface area contributed by atoms with Gasteiger partial charge in [-0.25, -0.2) is 8.78 Å². The van der Waals surface area contributed by atoms with Crippen LogP contribution in [0.25, 0.3) is 0 Å². The van der Waals surface area contributed by atoms with Crippen LogP contribution >= 0.6 is 0 Å². The first kappa shape index (κ1) is 12.4. The van der Waals surface area contributed by atoms with E-state index in [1.165, 1.54) is 0 Å². The van der Waals surface area contributed by atoms with E-state index in [2.05, 4.69) is 4.74 Å². The quantitative estimate of drug-likeness (QED) is 0.716. The third-order valence-electron chi connectivity index (χ3n) is 3.12. The van der Waals surface area contributed by atoms with Crippen molar-refractivity contribution in [2.75, 3.05) is 7.11 Å². The van der Waals surface area contributed by atoms with Crippen LogP contribution in [0.3, 0.4) is 0 Å². The molecule has 18 heavy (non-hydrogen) atoms. The molecule has 0 radical (unpaired) electrons. The summed E-state index contributed by atoms with van der Waals surface area (Å²) < 4.78 is 31.3. The second-order valence-electron chi connectivity index (χ2n) is 4.14. The minimum absolute atomic E-state index is 0.256. The molecule has 1 atom stereocenters. The van der Waals surface area contributed by atoms with Gasteiger partial charge in [0.15, 0.2) is 16.9 Å². The van der Waals surface area contributed by atoms with Crippen molar-refractivity contribution >= 4 is 5.97 Å². The van der Waals surface area contributed by atoms with Gasteiger partial charge in [0.1, 0.15) is 0 Å². The molecule has 1 saturated carbocycles. The highest BCUT2D eigenvalue weighted by Crippen LogP contribution is 2.62. The molecular weight excluding hydrogens is 250 g/mol. The van der Waals surface area contributed by atoms with Gasteiger partial charge < -0.3 is 20.1 Å². The fourth-order valence-electron chi connectivity index (χ4n) is 1.95. The topological polar surface area (TPSA) is 87.0 Å². The van der Waals surface area contributed by atoms with Crippen molar-refractivity contribution in [2.45, 2.75) is 17.8 Å². The first-order valence-corrected chi connectivity index (χ1v) is 4.98. The standard InChI is InChI=1S/C11H10F2O5/c1-18-7-3-5(2-6(14)8(7)15)10(9(16)17)4-11(10,12)13/h2-3,14-15H,4H2,1H3,(H,16,17). The summed E-state index contributed by atoms with van der Waals surface area (Å²) in [6.07, 6.45) is -0.845. The zero-order chi connectivity index (χ0) is 13.7. The zero-order valence-corrected chi connectivity index (χ0v) is 9.28. The maximum Gasteiger partial charge on any atom is 0.320 e. The number of methoxy groups -OCH3 is 1. The molecule has 1 aromatic rings. The Hall–Kier alpha value is -2.05. The smallest absolute Gasteiger partial charge is 0.320 e. The minimum atomic E-state index is -3.38. The van der Waals surface area contributed by atoms with Gasteiger partial charge in [-0.1, -0.05) is 0 Å². The largest absolute Gasteiger partial charge is 0.504 e. The lowest BCUT2D eigenvalue weighted by atomic mass is 9.94. The monoisotopic (exact) mass is 260 g/mol. The van der Waals surface area contributed by atoms with Gasteiger partial charge in [-0.3, -0.25) is 4.79 Å². The molecule has 7 heteroatoms. The van der Waals surface area contributed by atoms with Crippen molar-refractivity contribution < 1.29 is 33.6 Å². The Morgan fingerprint density at radius 2 is 1.94 bits per heavy atom. The Labute approximate surface area is 100 Å². The normalized spacial score (nSPS) is 24.6. The molecule has 5 nitrogen and oxygen atoms in total. The molecule has 3 N–H and O–H groups in total. The number of phenols is 2. The molecule has 1 aliphatic rings. The van der Waals surface area contributed by atoms with Crippen molar-refractivity contribution in [1.29, 1.82) is 0 Å². The fourth-order valence-corrected chi connectivity index (χ4v) is 1.95. The highest BCUT2D eigenvalue weighted by molar-refractivity contribution is 5.88.